The molecular formula is C11H15NO. The molecule has 0 aromatic rings. The van der Waals surface area contributed by atoms with Crippen LogP contribution in [0.2, 0.25) is 0 Å². The highest BCUT2D eigenvalue weighted by atomic mass is 16.5. The van der Waals surface area contributed by atoms with Crippen molar-refractivity contribution in [1.82, 2.24) is 0 Å². The van der Waals surface area contributed by atoms with Gasteiger partial charge in [0, 0.05) is 10.8 Å². The molecule has 1 saturated heterocycles. The van der Waals surface area contributed by atoms with Gasteiger partial charge in [-0.3, -0.25) is 0 Å². The first-order chi connectivity index (χ1) is 6.08. The second-order valence-electron chi connectivity index (χ2n) is 5.42. The summed E-state index contributed by atoms with van der Waals surface area (Å²) in [5.74, 6) is 0.742. The Labute approximate surface area is 78.9 Å². The van der Waals surface area contributed by atoms with Crippen molar-refractivity contribution in [2.24, 2.45) is 16.7 Å². The summed E-state index contributed by atoms with van der Waals surface area (Å²) in [5.41, 5.74) is 0.00676. The second kappa shape index (κ2) is 1.79. The minimum absolute atomic E-state index is 0.138. The van der Waals surface area contributed by atoms with Gasteiger partial charge in [-0.25, -0.2) is 0 Å². The zero-order valence-electron chi connectivity index (χ0n) is 8.26. The quantitative estimate of drug-likeness (QED) is 0.567. The predicted octanol–water partition coefficient (Wildman–Crippen LogP) is 2.11. The lowest BCUT2D eigenvalue weighted by atomic mass is 9.67. The Hall–Kier alpha value is -0.550. The maximum atomic E-state index is 9.27. The monoisotopic (exact) mass is 177 g/mol. The summed E-state index contributed by atoms with van der Waals surface area (Å²) in [6.45, 7) is 5.38. The summed E-state index contributed by atoms with van der Waals surface area (Å²) >= 11 is 0. The number of nitriles is 1. The molecule has 3 rings (SSSR count). The van der Waals surface area contributed by atoms with Crippen molar-refractivity contribution >= 4 is 0 Å². The van der Waals surface area contributed by atoms with E-state index in [9.17, 15) is 5.26 Å². The number of hydrogen-bond donors (Lipinski definition) is 0. The van der Waals surface area contributed by atoms with E-state index in [1.165, 1.54) is 12.8 Å². The summed E-state index contributed by atoms with van der Waals surface area (Å²) in [5, 5.41) is 9.27. The molecule has 0 radical (unpaired) electrons. The molecule has 3 fully saturated rings. The minimum Gasteiger partial charge on any atom is -0.359 e. The standard InChI is InChI=1S/C11H15NO/c1-9-7-13-11(6-12)5-8(9)3-4-10(9,11)2/h8H,3-5,7H2,1-2H3/t8-,9+,10-,11-/m0/s1. The Morgan fingerprint density at radius 1 is 1.46 bits per heavy atom. The van der Waals surface area contributed by atoms with Gasteiger partial charge >= 0.3 is 0 Å². The van der Waals surface area contributed by atoms with E-state index in [-0.39, 0.29) is 5.41 Å². The molecule has 0 unspecified atom stereocenters. The fraction of sp³-hybridized carbons (Fsp3) is 0.909. The van der Waals surface area contributed by atoms with E-state index >= 15 is 0 Å². The van der Waals surface area contributed by atoms with Crippen molar-refractivity contribution in [3.8, 4) is 6.07 Å². The Morgan fingerprint density at radius 3 is 2.69 bits per heavy atom. The first kappa shape index (κ1) is 7.82. The zero-order valence-corrected chi connectivity index (χ0v) is 8.26. The van der Waals surface area contributed by atoms with E-state index in [2.05, 4.69) is 19.9 Å². The molecule has 1 heterocycles. The van der Waals surface area contributed by atoms with Gasteiger partial charge in [0.1, 0.15) is 0 Å². The SMILES string of the molecule is C[C@@]12CC[C@H]3C[C@@]1(C#N)OC[C@]32C. The van der Waals surface area contributed by atoms with Gasteiger partial charge in [-0.1, -0.05) is 13.8 Å². The van der Waals surface area contributed by atoms with Crippen LogP contribution in [0, 0.1) is 28.1 Å². The molecule has 0 amide bonds. The second-order valence-corrected chi connectivity index (χ2v) is 5.42. The lowest BCUT2D eigenvalue weighted by Gasteiger charge is -2.35. The number of nitrogens with zero attached hydrogens (tertiary/aromatic N) is 1. The first-order valence-corrected chi connectivity index (χ1v) is 5.13. The Morgan fingerprint density at radius 2 is 2.23 bits per heavy atom. The van der Waals surface area contributed by atoms with Crippen molar-refractivity contribution in [2.75, 3.05) is 6.61 Å². The summed E-state index contributed by atoms with van der Waals surface area (Å²) in [6, 6.07) is 2.44. The number of rotatable bonds is 0. The van der Waals surface area contributed by atoms with Gasteiger partial charge in [0.05, 0.1) is 12.7 Å². The third-order valence-corrected chi connectivity index (χ3v) is 5.38. The molecule has 2 aliphatic carbocycles. The van der Waals surface area contributed by atoms with E-state index in [0.29, 0.717) is 5.41 Å². The number of hydrogen-bond acceptors (Lipinski definition) is 2. The molecule has 2 saturated carbocycles. The maximum Gasteiger partial charge on any atom is 0.160 e. The molecule has 3 aliphatic rings. The average molecular weight is 177 g/mol. The molecule has 4 bridgehead atoms. The van der Waals surface area contributed by atoms with Gasteiger partial charge in [-0.2, -0.15) is 5.26 Å². The van der Waals surface area contributed by atoms with Gasteiger partial charge in [-0.05, 0) is 25.2 Å². The summed E-state index contributed by atoms with van der Waals surface area (Å²) < 4.78 is 5.77. The van der Waals surface area contributed by atoms with Gasteiger partial charge in [0.25, 0.3) is 0 Å². The van der Waals surface area contributed by atoms with Crippen LogP contribution in [-0.2, 0) is 4.74 Å². The molecule has 2 heteroatoms. The first-order valence-electron chi connectivity index (χ1n) is 5.13. The van der Waals surface area contributed by atoms with Crippen LogP contribution in [0.5, 0.6) is 0 Å². The fourth-order valence-corrected chi connectivity index (χ4v) is 4.05. The van der Waals surface area contributed by atoms with Gasteiger partial charge < -0.3 is 4.74 Å². The van der Waals surface area contributed by atoms with Crippen LogP contribution in [-0.4, -0.2) is 12.2 Å². The Balaban J connectivity index is 2.21. The van der Waals surface area contributed by atoms with E-state index in [4.69, 9.17) is 4.74 Å². The van der Waals surface area contributed by atoms with Crippen LogP contribution in [0.15, 0.2) is 0 Å². The van der Waals surface area contributed by atoms with Crippen molar-refractivity contribution in [3.63, 3.8) is 0 Å². The van der Waals surface area contributed by atoms with Crippen LogP contribution >= 0.6 is 0 Å². The fourth-order valence-electron chi connectivity index (χ4n) is 4.05. The topological polar surface area (TPSA) is 33.0 Å². The molecule has 1 aliphatic heterocycles. The molecule has 0 aromatic heterocycles. The van der Waals surface area contributed by atoms with Crippen LogP contribution in [0.25, 0.3) is 0 Å². The Kier molecular flexibility index (Phi) is 1.07. The predicted molar refractivity (Wildman–Crippen MR) is 47.9 cm³/mol. The van der Waals surface area contributed by atoms with E-state index < -0.39 is 5.60 Å². The molecule has 0 N–H and O–H groups in total. The molecule has 70 valence electrons. The summed E-state index contributed by atoms with van der Waals surface area (Å²) in [7, 11) is 0. The van der Waals surface area contributed by atoms with Crippen molar-refractivity contribution < 1.29 is 4.74 Å². The van der Waals surface area contributed by atoms with Gasteiger partial charge in [0.15, 0.2) is 5.60 Å². The zero-order chi connectivity index (χ0) is 9.32. The van der Waals surface area contributed by atoms with Crippen molar-refractivity contribution in [1.29, 1.82) is 5.26 Å². The van der Waals surface area contributed by atoms with E-state index in [0.717, 1.165) is 18.9 Å². The number of ether oxygens (including phenoxy) is 1. The van der Waals surface area contributed by atoms with Crippen molar-refractivity contribution in [3.05, 3.63) is 0 Å². The molecule has 0 spiro atoms. The summed E-state index contributed by atoms with van der Waals surface area (Å²) in [4.78, 5) is 0. The van der Waals surface area contributed by atoms with Crippen molar-refractivity contribution in [2.45, 2.75) is 38.7 Å². The molecule has 13 heavy (non-hydrogen) atoms. The van der Waals surface area contributed by atoms with E-state index in [1.54, 1.807) is 0 Å². The largest absolute Gasteiger partial charge is 0.359 e. The third-order valence-electron chi connectivity index (χ3n) is 5.38. The highest BCUT2D eigenvalue weighted by Crippen LogP contribution is 2.74. The van der Waals surface area contributed by atoms with Gasteiger partial charge in [0.2, 0.25) is 0 Å². The highest BCUT2D eigenvalue weighted by molar-refractivity contribution is 5.30. The van der Waals surface area contributed by atoms with Crippen LogP contribution < -0.4 is 0 Å². The smallest absolute Gasteiger partial charge is 0.160 e. The molecule has 0 aromatic carbocycles. The summed E-state index contributed by atoms with van der Waals surface area (Å²) in [6.07, 6.45) is 3.47. The minimum atomic E-state index is -0.426. The molecule has 4 atom stereocenters. The highest BCUT2D eigenvalue weighted by Gasteiger charge is 2.76. The van der Waals surface area contributed by atoms with Gasteiger partial charge in [-0.15, -0.1) is 0 Å². The molecule has 2 nitrogen and oxygen atoms in total. The van der Waals surface area contributed by atoms with E-state index in [1.807, 2.05) is 0 Å². The third kappa shape index (κ3) is 0.518. The lowest BCUT2D eigenvalue weighted by Crippen LogP contribution is -2.41. The van der Waals surface area contributed by atoms with Crippen LogP contribution in [0.3, 0.4) is 0 Å². The lowest BCUT2D eigenvalue weighted by molar-refractivity contribution is -0.0414. The van der Waals surface area contributed by atoms with Crippen LogP contribution in [0.1, 0.15) is 33.1 Å². The average Bonchev–Trinajstić information content (AvgIpc) is 2.58. The normalized spacial score (nSPS) is 62.7. The maximum absolute atomic E-state index is 9.27. The Bertz CT molecular complexity index is 321. The molecular weight excluding hydrogens is 162 g/mol. The van der Waals surface area contributed by atoms with Crippen LogP contribution in [0.4, 0.5) is 0 Å².